The van der Waals surface area contributed by atoms with Gasteiger partial charge < -0.3 is 5.32 Å². The molecule has 0 aliphatic carbocycles. The summed E-state index contributed by atoms with van der Waals surface area (Å²) in [5.74, 6) is -1.53. The number of nitrogens with one attached hydrogen (secondary N) is 1. The molecule has 0 spiro atoms. The van der Waals surface area contributed by atoms with E-state index in [9.17, 15) is 17.6 Å². The fourth-order valence-corrected chi connectivity index (χ4v) is 1.68. The van der Waals surface area contributed by atoms with Crippen molar-refractivity contribution in [3.63, 3.8) is 0 Å². The molecule has 5 nitrogen and oxygen atoms in total. The van der Waals surface area contributed by atoms with Crippen molar-refractivity contribution < 1.29 is 17.6 Å². The molecule has 0 aromatic heterocycles. The van der Waals surface area contributed by atoms with Crippen LogP contribution in [0.1, 0.15) is 13.8 Å². The number of hydrogen-bond acceptors (Lipinski definition) is 3. The molecule has 0 bridgehead atoms. The minimum absolute atomic E-state index is 0.189. The van der Waals surface area contributed by atoms with Crippen molar-refractivity contribution in [3.05, 3.63) is 24.0 Å². The molecule has 0 aliphatic rings. The van der Waals surface area contributed by atoms with Crippen LogP contribution in [0.5, 0.6) is 0 Å². The van der Waals surface area contributed by atoms with Gasteiger partial charge in [-0.2, -0.15) is 0 Å². The van der Waals surface area contributed by atoms with Crippen LogP contribution in [0.2, 0.25) is 0 Å². The molecule has 0 atom stereocenters. The molecule has 0 radical (unpaired) electrons. The summed E-state index contributed by atoms with van der Waals surface area (Å²) in [5.41, 5.74) is 0.189. The Labute approximate surface area is 98.9 Å². The lowest BCUT2D eigenvalue weighted by atomic mass is 10.2. The smallest absolute Gasteiger partial charge is 0.240 e. The zero-order valence-corrected chi connectivity index (χ0v) is 10.2. The van der Waals surface area contributed by atoms with Gasteiger partial charge in [0.2, 0.25) is 15.9 Å². The maximum Gasteiger partial charge on any atom is 0.240 e. The first-order chi connectivity index (χ1) is 7.71. The molecule has 0 heterocycles. The van der Waals surface area contributed by atoms with Crippen LogP contribution in [0, 0.1) is 11.7 Å². The predicted molar refractivity (Wildman–Crippen MR) is 61.2 cm³/mol. The molecule has 0 aliphatic heterocycles. The Morgan fingerprint density at radius 3 is 2.41 bits per heavy atom. The first-order valence-electron chi connectivity index (χ1n) is 4.85. The average molecular weight is 260 g/mol. The Morgan fingerprint density at radius 2 is 2.00 bits per heavy atom. The number of carbonyl (C=O) groups is 1. The third-order valence-corrected chi connectivity index (χ3v) is 2.97. The number of anilines is 1. The van der Waals surface area contributed by atoms with Crippen LogP contribution in [0.15, 0.2) is 23.1 Å². The highest BCUT2D eigenvalue weighted by Crippen LogP contribution is 2.18. The molecule has 7 heteroatoms. The molecule has 0 unspecified atom stereocenters. The van der Waals surface area contributed by atoms with Gasteiger partial charge in [0.25, 0.3) is 0 Å². The standard InChI is InChI=1S/C10H13FN2O3S/c1-6(2)10(14)13-7-3-4-9(8(11)5-7)17(12,15)16/h3-6H,1-2H3,(H,13,14)(H2,12,15,16). The maximum atomic E-state index is 13.4. The van der Waals surface area contributed by atoms with Gasteiger partial charge in [-0.15, -0.1) is 0 Å². The normalized spacial score (nSPS) is 11.6. The van der Waals surface area contributed by atoms with E-state index in [1.165, 1.54) is 6.07 Å². The number of benzene rings is 1. The van der Waals surface area contributed by atoms with E-state index in [1.807, 2.05) is 0 Å². The lowest BCUT2D eigenvalue weighted by Crippen LogP contribution is -2.18. The van der Waals surface area contributed by atoms with Crippen molar-refractivity contribution >= 4 is 21.6 Å². The average Bonchev–Trinajstić information content (AvgIpc) is 2.15. The third-order valence-electron chi connectivity index (χ3n) is 2.03. The number of amides is 1. The second-order valence-electron chi connectivity index (χ2n) is 3.83. The molecule has 1 rings (SSSR count). The predicted octanol–water partition coefficient (Wildman–Crippen LogP) is 1.07. The minimum Gasteiger partial charge on any atom is -0.326 e. The lowest BCUT2D eigenvalue weighted by Gasteiger charge is -2.08. The monoisotopic (exact) mass is 260 g/mol. The maximum absolute atomic E-state index is 13.4. The van der Waals surface area contributed by atoms with Crippen molar-refractivity contribution in [2.24, 2.45) is 11.1 Å². The number of nitrogens with two attached hydrogens (primary N) is 1. The Kier molecular flexibility index (Phi) is 3.84. The van der Waals surface area contributed by atoms with Crippen LogP contribution < -0.4 is 10.5 Å². The molecule has 94 valence electrons. The van der Waals surface area contributed by atoms with Crippen LogP contribution in [0.3, 0.4) is 0 Å². The second kappa shape index (κ2) is 4.80. The Bertz CT molecular complexity index is 540. The van der Waals surface area contributed by atoms with Gasteiger partial charge in [0.15, 0.2) is 0 Å². The molecule has 0 saturated carbocycles. The number of hydrogen-bond donors (Lipinski definition) is 2. The summed E-state index contributed by atoms with van der Waals surface area (Å²) in [7, 11) is -4.08. The van der Waals surface area contributed by atoms with Crippen LogP contribution in [0.25, 0.3) is 0 Å². The Hall–Kier alpha value is -1.47. The van der Waals surface area contributed by atoms with Gasteiger partial charge in [-0.05, 0) is 18.2 Å². The quantitative estimate of drug-likeness (QED) is 0.851. The van der Waals surface area contributed by atoms with Crippen molar-refractivity contribution in [1.29, 1.82) is 0 Å². The van der Waals surface area contributed by atoms with Gasteiger partial charge in [0.1, 0.15) is 10.7 Å². The number of primary sulfonamides is 1. The van der Waals surface area contributed by atoms with Gasteiger partial charge in [-0.3, -0.25) is 4.79 Å². The summed E-state index contributed by atoms with van der Waals surface area (Å²) in [6.45, 7) is 3.37. The van der Waals surface area contributed by atoms with Gasteiger partial charge in [-0.1, -0.05) is 13.8 Å². The van der Waals surface area contributed by atoms with Crippen molar-refractivity contribution in [1.82, 2.24) is 0 Å². The molecule has 0 fully saturated rings. The van der Waals surface area contributed by atoms with E-state index in [0.717, 1.165) is 12.1 Å². The van der Waals surface area contributed by atoms with E-state index in [0.29, 0.717) is 0 Å². The molecular formula is C10H13FN2O3S. The third kappa shape index (κ3) is 3.50. The topological polar surface area (TPSA) is 89.3 Å². The number of sulfonamides is 1. The summed E-state index contributed by atoms with van der Waals surface area (Å²) < 4.78 is 35.3. The zero-order chi connectivity index (χ0) is 13.2. The summed E-state index contributed by atoms with van der Waals surface area (Å²) in [4.78, 5) is 10.7. The molecule has 17 heavy (non-hydrogen) atoms. The van der Waals surface area contributed by atoms with Gasteiger partial charge in [-0.25, -0.2) is 17.9 Å². The molecule has 1 aromatic rings. The van der Waals surface area contributed by atoms with Crippen LogP contribution >= 0.6 is 0 Å². The zero-order valence-electron chi connectivity index (χ0n) is 9.40. The van der Waals surface area contributed by atoms with Gasteiger partial charge in [0, 0.05) is 11.6 Å². The molecular weight excluding hydrogens is 247 g/mol. The molecule has 1 amide bonds. The fourth-order valence-electron chi connectivity index (χ4n) is 1.10. The number of rotatable bonds is 3. The Morgan fingerprint density at radius 1 is 1.41 bits per heavy atom. The Balaban J connectivity index is 3.02. The van der Waals surface area contributed by atoms with E-state index in [-0.39, 0.29) is 17.5 Å². The van der Waals surface area contributed by atoms with Crippen molar-refractivity contribution in [2.75, 3.05) is 5.32 Å². The lowest BCUT2D eigenvalue weighted by molar-refractivity contribution is -0.118. The number of carbonyl (C=O) groups excluding carboxylic acids is 1. The van der Waals surface area contributed by atoms with E-state index >= 15 is 0 Å². The summed E-state index contributed by atoms with van der Waals surface area (Å²) in [6, 6.07) is 3.21. The van der Waals surface area contributed by atoms with E-state index in [2.05, 4.69) is 5.32 Å². The largest absolute Gasteiger partial charge is 0.326 e. The van der Waals surface area contributed by atoms with Gasteiger partial charge in [0.05, 0.1) is 0 Å². The summed E-state index contributed by atoms with van der Waals surface area (Å²) in [6.07, 6.45) is 0. The highest BCUT2D eigenvalue weighted by Gasteiger charge is 2.15. The molecule has 1 aromatic carbocycles. The van der Waals surface area contributed by atoms with Crippen molar-refractivity contribution in [2.45, 2.75) is 18.7 Å². The van der Waals surface area contributed by atoms with E-state index in [4.69, 9.17) is 5.14 Å². The second-order valence-corrected chi connectivity index (χ2v) is 5.36. The number of halogens is 1. The van der Waals surface area contributed by atoms with E-state index < -0.39 is 20.7 Å². The first-order valence-corrected chi connectivity index (χ1v) is 6.39. The van der Waals surface area contributed by atoms with E-state index in [1.54, 1.807) is 13.8 Å². The molecule has 0 saturated heterocycles. The highest BCUT2D eigenvalue weighted by atomic mass is 32.2. The van der Waals surface area contributed by atoms with Crippen LogP contribution in [-0.4, -0.2) is 14.3 Å². The highest BCUT2D eigenvalue weighted by molar-refractivity contribution is 7.89. The fraction of sp³-hybridized carbons (Fsp3) is 0.300. The van der Waals surface area contributed by atoms with Gasteiger partial charge >= 0.3 is 0 Å². The summed E-state index contributed by atoms with van der Waals surface area (Å²) in [5, 5.41) is 7.25. The van der Waals surface area contributed by atoms with Crippen LogP contribution in [0.4, 0.5) is 10.1 Å². The van der Waals surface area contributed by atoms with Crippen LogP contribution in [-0.2, 0) is 14.8 Å². The minimum atomic E-state index is -4.08. The SMILES string of the molecule is CC(C)C(=O)Nc1ccc(S(N)(=O)=O)c(F)c1. The molecule has 3 N–H and O–H groups in total. The first kappa shape index (κ1) is 13.6. The summed E-state index contributed by atoms with van der Waals surface area (Å²) >= 11 is 0. The van der Waals surface area contributed by atoms with Crippen molar-refractivity contribution in [3.8, 4) is 0 Å².